The minimum atomic E-state index is -5.08. The normalized spacial score (nSPS) is 11.1. The number of benzene rings is 1. The van der Waals surface area contributed by atoms with Crippen LogP contribution in [0.1, 0.15) is 21.7 Å². The molecular formula is C18H18BrF3N4O4. The molecular weight excluding hydrogens is 473 g/mol. The minimum absolute atomic E-state index is 0.188. The van der Waals surface area contributed by atoms with Gasteiger partial charge in [-0.05, 0) is 30.7 Å². The average Bonchev–Trinajstić information content (AvgIpc) is 3.26. The number of carboxylic acids is 1. The van der Waals surface area contributed by atoms with Crippen LogP contribution in [0.25, 0.3) is 11.0 Å². The summed E-state index contributed by atoms with van der Waals surface area (Å²) in [4.78, 5) is 21.0. The molecule has 12 heteroatoms. The molecule has 8 nitrogen and oxygen atoms in total. The van der Waals surface area contributed by atoms with Crippen LogP contribution in [0.2, 0.25) is 0 Å². The molecule has 0 aliphatic heterocycles. The van der Waals surface area contributed by atoms with E-state index in [2.05, 4.69) is 26.3 Å². The van der Waals surface area contributed by atoms with Crippen molar-refractivity contribution in [1.29, 1.82) is 0 Å². The predicted octanol–water partition coefficient (Wildman–Crippen LogP) is 3.22. The lowest BCUT2D eigenvalue weighted by atomic mass is 10.2. The Balaban J connectivity index is 0.000000396. The Labute approximate surface area is 177 Å². The van der Waals surface area contributed by atoms with Crippen molar-refractivity contribution in [2.24, 2.45) is 5.73 Å². The van der Waals surface area contributed by atoms with Gasteiger partial charge in [-0.1, -0.05) is 15.9 Å². The molecule has 3 aromatic rings. The Morgan fingerprint density at radius 3 is 2.60 bits per heavy atom. The number of carbonyl (C=O) groups is 2. The highest BCUT2D eigenvalue weighted by Gasteiger charge is 2.38. The van der Waals surface area contributed by atoms with Crippen molar-refractivity contribution in [2.45, 2.75) is 26.2 Å². The summed E-state index contributed by atoms with van der Waals surface area (Å²) in [5.41, 5.74) is 7.86. The smallest absolute Gasteiger partial charge is 0.475 e. The highest BCUT2D eigenvalue weighted by atomic mass is 79.9. The van der Waals surface area contributed by atoms with Crippen LogP contribution in [0.4, 0.5) is 13.2 Å². The van der Waals surface area contributed by atoms with Gasteiger partial charge in [0, 0.05) is 22.6 Å². The lowest BCUT2D eigenvalue weighted by Crippen LogP contribution is -2.22. The molecule has 2 aromatic heterocycles. The van der Waals surface area contributed by atoms with E-state index in [9.17, 15) is 18.0 Å². The van der Waals surface area contributed by atoms with Gasteiger partial charge in [-0.3, -0.25) is 9.48 Å². The van der Waals surface area contributed by atoms with Crippen molar-refractivity contribution in [3.05, 3.63) is 52.0 Å². The molecule has 4 N–H and O–H groups in total. The van der Waals surface area contributed by atoms with Crippen molar-refractivity contribution >= 4 is 38.8 Å². The molecule has 0 fully saturated rings. The third-order valence-corrected chi connectivity index (χ3v) is 4.19. The Morgan fingerprint density at radius 2 is 2.00 bits per heavy atom. The molecule has 0 aliphatic rings. The first-order chi connectivity index (χ1) is 14.0. The number of amides is 1. The second-order valence-corrected chi connectivity index (χ2v) is 7.04. The number of rotatable bonds is 5. The standard InChI is InChI=1S/C16H17BrN4O2.C2HF3O2/c1-10-4-13(17)5-11-6-14(23-15(10)11)8-19-16(22)12-7-20-21(9-12)3-2-18;3-2(4,5)1(6)7/h4-7,9H,2-3,8,18H2,1H3,(H,19,22);(H,6,7). The van der Waals surface area contributed by atoms with Gasteiger partial charge in [-0.15, -0.1) is 0 Å². The van der Waals surface area contributed by atoms with E-state index in [1.165, 1.54) is 6.20 Å². The van der Waals surface area contributed by atoms with E-state index in [1.807, 2.05) is 25.1 Å². The number of carboxylic acid groups (broad SMARTS) is 1. The number of furan rings is 1. The average molecular weight is 491 g/mol. The van der Waals surface area contributed by atoms with Gasteiger partial charge in [0.25, 0.3) is 5.91 Å². The van der Waals surface area contributed by atoms with E-state index >= 15 is 0 Å². The summed E-state index contributed by atoms with van der Waals surface area (Å²) < 4.78 is 40.2. The van der Waals surface area contributed by atoms with E-state index in [0.29, 0.717) is 31.0 Å². The molecule has 2 heterocycles. The first-order valence-electron chi connectivity index (χ1n) is 8.50. The molecule has 1 amide bonds. The molecule has 0 saturated carbocycles. The molecule has 0 radical (unpaired) electrons. The first-order valence-corrected chi connectivity index (χ1v) is 9.30. The lowest BCUT2D eigenvalue weighted by molar-refractivity contribution is -0.192. The number of nitrogens with two attached hydrogens (primary N) is 1. The molecule has 0 aliphatic carbocycles. The molecule has 0 atom stereocenters. The lowest BCUT2D eigenvalue weighted by Gasteiger charge is -2.00. The van der Waals surface area contributed by atoms with Crippen LogP contribution in [-0.2, 0) is 17.9 Å². The fourth-order valence-electron chi connectivity index (χ4n) is 2.43. The molecule has 3 rings (SSSR count). The fraction of sp³-hybridized carbons (Fsp3) is 0.278. The van der Waals surface area contributed by atoms with Crippen molar-refractivity contribution < 1.29 is 32.3 Å². The molecule has 162 valence electrons. The molecule has 30 heavy (non-hydrogen) atoms. The van der Waals surface area contributed by atoms with Crippen LogP contribution in [-0.4, -0.2) is 39.5 Å². The predicted molar refractivity (Wildman–Crippen MR) is 105 cm³/mol. The second-order valence-electron chi connectivity index (χ2n) is 6.12. The monoisotopic (exact) mass is 490 g/mol. The van der Waals surface area contributed by atoms with Crippen LogP contribution in [0.15, 0.2) is 39.5 Å². The summed E-state index contributed by atoms with van der Waals surface area (Å²) in [7, 11) is 0. The first kappa shape index (κ1) is 23.4. The fourth-order valence-corrected chi connectivity index (χ4v) is 3.02. The summed E-state index contributed by atoms with van der Waals surface area (Å²) in [5.74, 6) is -2.23. The third-order valence-electron chi connectivity index (χ3n) is 3.74. The quantitative estimate of drug-likeness (QED) is 0.504. The van der Waals surface area contributed by atoms with Crippen LogP contribution >= 0.6 is 15.9 Å². The minimum Gasteiger partial charge on any atom is -0.475 e. The Kier molecular flexibility index (Phi) is 7.62. The number of hydrogen-bond donors (Lipinski definition) is 3. The van der Waals surface area contributed by atoms with Crippen LogP contribution < -0.4 is 11.1 Å². The number of carbonyl (C=O) groups excluding carboxylic acids is 1. The van der Waals surface area contributed by atoms with E-state index in [1.54, 1.807) is 10.9 Å². The largest absolute Gasteiger partial charge is 0.490 e. The van der Waals surface area contributed by atoms with Gasteiger partial charge in [0.1, 0.15) is 11.3 Å². The summed E-state index contributed by atoms with van der Waals surface area (Å²) in [6.45, 7) is 3.39. The van der Waals surface area contributed by atoms with E-state index in [0.717, 1.165) is 21.0 Å². The molecule has 0 bridgehead atoms. The zero-order chi connectivity index (χ0) is 22.5. The maximum absolute atomic E-state index is 12.1. The summed E-state index contributed by atoms with van der Waals surface area (Å²) >= 11 is 3.47. The van der Waals surface area contributed by atoms with Crippen molar-refractivity contribution in [2.75, 3.05) is 6.54 Å². The van der Waals surface area contributed by atoms with Crippen molar-refractivity contribution in [3.63, 3.8) is 0 Å². The van der Waals surface area contributed by atoms with Gasteiger partial charge in [0.15, 0.2) is 0 Å². The Bertz CT molecular complexity index is 1050. The Hall–Kier alpha value is -2.86. The van der Waals surface area contributed by atoms with Gasteiger partial charge in [0.2, 0.25) is 0 Å². The summed E-state index contributed by atoms with van der Waals surface area (Å²) in [5, 5.41) is 15.1. The van der Waals surface area contributed by atoms with Gasteiger partial charge >= 0.3 is 12.1 Å². The number of aliphatic carboxylic acids is 1. The second kappa shape index (κ2) is 9.76. The number of aromatic nitrogens is 2. The van der Waals surface area contributed by atoms with Crippen LogP contribution in [0, 0.1) is 6.92 Å². The van der Waals surface area contributed by atoms with Gasteiger partial charge in [-0.25, -0.2) is 4.79 Å². The Morgan fingerprint density at radius 1 is 1.33 bits per heavy atom. The number of nitrogens with one attached hydrogen (secondary N) is 1. The molecule has 0 spiro atoms. The van der Waals surface area contributed by atoms with E-state index < -0.39 is 12.1 Å². The van der Waals surface area contributed by atoms with E-state index in [-0.39, 0.29) is 5.91 Å². The highest BCUT2D eigenvalue weighted by Crippen LogP contribution is 2.27. The van der Waals surface area contributed by atoms with Crippen LogP contribution in [0.5, 0.6) is 0 Å². The number of alkyl halides is 3. The summed E-state index contributed by atoms with van der Waals surface area (Å²) in [6, 6.07) is 5.93. The molecule has 0 unspecified atom stereocenters. The molecule has 0 saturated heterocycles. The number of nitrogens with zero attached hydrogens (tertiary/aromatic N) is 2. The maximum atomic E-state index is 12.1. The number of fused-ring (bicyclic) bond motifs is 1. The van der Waals surface area contributed by atoms with Gasteiger partial charge in [0.05, 0.1) is 24.8 Å². The van der Waals surface area contributed by atoms with Crippen molar-refractivity contribution in [3.8, 4) is 0 Å². The number of halogens is 4. The van der Waals surface area contributed by atoms with Crippen molar-refractivity contribution in [1.82, 2.24) is 15.1 Å². The zero-order valence-electron chi connectivity index (χ0n) is 15.7. The summed E-state index contributed by atoms with van der Waals surface area (Å²) in [6.07, 6.45) is -1.87. The number of aryl methyl sites for hydroxylation is 1. The van der Waals surface area contributed by atoms with E-state index in [4.69, 9.17) is 20.1 Å². The zero-order valence-corrected chi connectivity index (χ0v) is 17.2. The SMILES string of the molecule is Cc1cc(Br)cc2cc(CNC(=O)c3cnn(CCN)c3)oc12.O=C(O)C(F)(F)F. The van der Waals surface area contributed by atoms with Crippen LogP contribution in [0.3, 0.4) is 0 Å². The highest BCUT2D eigenvalue weighted by molar-refractivity contribution is 9.10. The van der Waals surface area contributed by atoms with Gasteiger partial charge < -0.3 is 20.6 Å². The third kappa shape index (κ3) is 6.32. The number of hydrogen-bond acceptors (Lipinski definition) is 5. The van der Waals surface area contributed by atoms with Gasteiger partial charge in [-0.2, -0.15) is 18.3 Å². The topological polar surface area (TPSA) is 123 Å². The molecule has 1 aromatic carbocycles. The maximum Gasteiger partial charge on any atom is 0.490 e.